The fourth-order valence-electron chi connectivity index (χ4n) is 3.06. The average Bonchev–Trinajstić information content (AvgIpc) is 2.88. The Kier molecular flexibility index (Phi) is 5.01. The second kappa shape index (κ2) is 6.58. The number of hydrogen-bond donors (Lipinski definition) is 1. The first-order valence-corrected chi connectivity index (χ1v) is 7.62. The van der Waals surface area contributed by atoms with Crippen molar-refractivity contribution in [3.8, 4) is 0 Å². The maximum atomic E-state index is 12.4. The van der Waals surface area contributed by atoms with Crippen LogP contribution in [0, 0.1) is 0 Å². The molecule has 0 aliphatic carbocycles. The highest BCUT2D eigenvalue weighted by Gasteiger charge is 2.36. The zero-order chi connectivity index (χ0) is 15.5. The number of hydrogen-bond acceptors (Lipinski definition) is 3. The van der Waals surface area contributed by atoms with Gasteiger partial charge in [0.15, 0.2) is 0 Å². The number of likely N-dealkylation sites (tertiary alicyclic amines) is 1. The molecule has 0 radical (unpaired) electrons. The third kappa shape index (κ3) is 4.29. The summed E-state index contributed by atoms with van der Waals surface area (Å²) >= 11 is 0. The monoisotopic (exact) mass is 290 g/mol. The second-order valence-corrected chi connectivity index (χ2v) is 6.52. The van der Waals surface area contributed by atoms with Crippen LogP contribution in [0.4, 0.5) is 0 Å². The SMILES string of the molecule is CN(Cc1ccccc1)C(=O)CN1CCCC1C(C)(C)O. The summed E-state index contributed by atoms with van der Waals surface area (Å²) in [5.41, 5.74) is 0.378. The topological polar surface area (TPSA) is 43.8 Å². The molecule has 1 unspecified atom stereocenters. The van der Waals surface area contributed by atoms with Crippen molar-refractivity contribution in [3.05, 3.63) is 35.9 Å². The standard InChI is InChI=1S/C17H26N2O2/c1-17(2,21)15-10-7-11-19(15)13-16(20)18(3)12-14-8-5-4-6-9-14/h4-6,8-9,15,21H,7,10-13H2,1-3H3. The van der Waals surface area contributed by atoms with Gasteiger partial charge < -0.3 is 10.0 Å². The molecule has 21 heavy (non-hydrogen) atoms. The summed E-state index contributed by atoms with van der Waals surface area (Å²) in [6.45, 7) is 5.56. The fourth-order valence-corrected chi connectivity index (χ4v) is 3.06. The lowest BCUT2D eigenvalue weighted by Crippen LogP contribution is -2.49. The summed E-state index contributed by atoms with van der Waals surface area (Å²) in [5, 5.41) is 10.2. The van der Waals surface area contributed by atoms with E-state index < -0.39 is 5.60 Å². The largest absolute Gasteiger partial charge is 0.389 e. The molecule has 0 saturated carbocycles. The third-order valence-electron chi connectivity index (χ3n) is 4.21. The number of benzene rings is 1. The first kappa shape index (κ1) is 16.0. The molecule has 1 aliphatic rings. The van der Waals surface area contributed by atoms with Gasteiger partial charge in [0.05, 0.1) is 12.1 Å². The number of rotatable bonds is 5. The zero-order valence-corrected chi connectivity index (χ0v) is 13.2. The summed E-state index contributed by atoms with van der Waals surface area (Å²) in [5.74, 6) is 0.106. The lowest BCUT2D eigenvalue weighted by Gasteiger charge is -2.34. The van der Waals surface area contributed by atoms with Crippen LogP contribution in [-0.4, -0.2) is 52.6 Å². The smallest absolute Gasteiger partial charge is 0.236 e. The maximum absolute atomic E-state index is 12.4. The van der Waals surface area contributed by atoms with Gasteiger partial charge in [-0.2, -0.15) is 0 Å². The molecular formula is C17H26N2O2. The summed E-state index contributed by atoms with van der Waals surface area (Å²) in [6, 6.07) is 10.1. The highest BCUT2D eigenvalue weighted by molar-refractivity contribution is 5.78. The van der Waals surface area contributed by atoms with Crippen LogP contribution in [0.15, 0.2) is 30.3 Å². The van der Waals surface area contributed by atoms with Gasteiger partial charge in [-0.15, -0.1) is 0 Å². The van der Waals surface area contributed by atoms with Crippen molar-refractivity contribution in [1.82, 2.24) is 9.80 Å². The van der Waals surface area contributed by atoms with E-state index in [2.05, 4.69) is 4.90 Å². The molecule has 116 valence electrons. The van der Waals surface area contributed by atoms with Gasteiger partial charge in [0.25, 0.3) is 0 Å². The third-order valence-corrected chi connectivity index (χ3v) is 4.21. The highest BCUT2D eigenvalue weighted by Crippen LogP contribution is 2.26. The molecule has 1 fully saturated rings. The molecule has 1 heterocycles. The van der Waals surface area contributed by atoms with E-state index in [0.29, 0.717) is 13.1 Å². The van der Waals surface area contributed by atoms with Crippen molar-refractivity contribution < 1.29 is 9.90 Å². The van der Waals surface area contributed by atoms with E-state index >= 15 is 0 Å². The van der Waals surface area contributed by atoms with Gasteiger partial charge in [-0.25, -0.2) is 0 Å². The number of amides is 1. The van der Waals surface area contributed by atoms with Gasteiger partial charge >= 0.3 is 0 Å². The van der Waals surface area contributed by atoms with Crippen molar-refractivity contribution >= 4 is 5.91 Å². The molecule has 2 rings (SSSR count). The summed E-state index contributed by atoms with van der Waals surface area (Å²) in [4.78, 5) is 16.3. The second-order valence-electron chi connectivity index (χ2n) is 6.52. The molecular weight excluding hydrogens is 264 g/mol. The molecule has 1 aromatic carbocycles. The van der Waals surface area contributed by atoms with Crippen LogP contribution in [0.1, 0.15) is 32.3 Å². The predicted molar refractivity (Wildman–Crippen MR) is 83.8 cm³/mol. The average molecular weight is 290 g/mol. The number of likely N-dealkylation sites (N-methyl/N-ethyl adjacent to an activating group) is 1. The number of nitrogens with zero attached hydrogens (tertiary/aromatic N) is 2. The molecule has 4 nitrogen and oxygen atoms in total. The fraction of sp³-hybridized carbons (Fsp3) is 0.588. The number of carbonyl (C=O) groups excluding carboxylic acids is 1. The number of carbonyl (C=O) groups is 1. The van der Waals surface area contributed by atoms with Crippen molar-refractivity contribution in [2.45, 2.75) is 44.9 Å². The first-order valence-electron chi connectivity index (χ1n) is 7.62. The Bertz CT molecular complexity index is 467. The molecule has 1 amide bonds. The van der Waals surface area contributed by atoms with Crippen molar-refractivity contribution in [2.75, 3.05) is 20.1 Å². The van der Waals surface area contributed by atoms with E-state index in [-0.39, 0.29) is 11.9 Å². The molecule has 0 aromatic heterocycles. The summed E-state index contributed by atoms with van der Waals surface area (Å²) < 4.78 is 0. The minimum absolute atomic E-state index is 0.0755. The van der Waals surface area contributed by atoms with E-state index in [9.17, 15) is 9.90 Å². The Balaban J connectivity index is 1.91. The molecule has 1 saturated heterocycles. The van der Waals surface area contributed by atoms with Crippen LogP contribution in [0.3, 0.4) is 0 Å². The van der Waals surface area contributed by atoms with Crippen LogP contribution in [0.25, 0.3) is 0 Å². The lowest BCUT2D eigenvalue weighted by molar-refractivity contribution is -0.132. The Morgan fingerprint density at radius 1 is 1.38 bits per heavy atom. The Hall–Kier alpha value is -1.39. The molecule has 1 aliphatic heterocycles. The molecule has 4 heteroatoms. The van der Waals surface area contributed by atoms with E-state index in [1.165, 1.54) is 0 Å². The Morgan fingerprint density at radius 2 is 2.05 bits per heavy atom. The Labute approximate surface area is 127 Å². The van der Waals surface area contributed by atoms with Gasteiger partial charge in [0.2, 0.25) is 5.91 Å². The molecule has 0 bridgehead atoms. The summed E-state index contributed by atoms with van der Waals surface area (Å²) in [7, 11) is 1.84. The van der Waals surface area contributed by atoms with Crippen molar-refractivity contribution in [1.29, 1.82) is 0 Å². The van der Waals surface area contributed by atoms with Crippen LogP contribution in [0.5, 0.6) is 0 Å². The minimum Gasteiger partial charge on any atom is -0.389 e. The van der Waals surface area contributed by atoms with Gasteiger partial charge in [-0.05, 0) is 38.8 Å². The molecule has 0 spiro atoms. The maximum Gasteiger partial charge on any atom is 0.236 e. The normalized spacial score (nSPS) is 19.7. The predicted octanol–water partition coefficient (Wildman–Crippen LogP) is 1.88. The van der Waals surface area contributed by atoms with Gasteiger partial charge in [-0.1, -0.05) is 30.3 Å². The first-order chi connectivity index (χ1) is 9.88. The highest BCUT2D eigenvalue weighted by atomic mass is 16.3. The lowest BCUT2D eigenvalue weighted by atomic mass is 9.97. The van der Waals surface area contributed by atoms with E-state index in [4.69, 9.17) is 0 Å². The van der Waals surface area contributed by atoms with Crippen molar-refractivity contribution in [3.63, 3.8) is 0 Å². The number of aliphatic hydroxyl groups is 1. The van der Waals surface area contributed by atoms with Crippen LogP contribution < -0.4 is 0 Å². The van der Waals surface area contributed by atoms with Crippen molar-refractivity contribution in [2.24, 2.45) is 0 Å². The molecule has 1 aromatic rings. The van der Waals surface area contributed by atoms with Gasteiger partial charge in [0, 0.05) is 19.6 Å². The summed E-state index contributed by atoms with van der Waals surface area (Å²) in [6.07, 6.45) is 2.00. The quantitative estimate of drug-likeness (QED) is 0.900. The molecule has 1 atom stereocenters. The zero-order valence-electron chi connectivity index (χ0n) is 13.2. The van der Waals surface area contributed by atoms with Crippen LogP contribution in [-0.2, 0) is 11.3 Å². The van der Waals surface area contributed by atoms with Crippen LogP contribution >= 0.6 is 0 Å². The van der Waals surface area contributed by atoms with E-state index in [1.807, 2.05) is 51.2 Å². The minimum atomic E-state index is -0.755. The van der Waals surface area contributed by atoms with Gasteiger partial charge in [-0.3, -0.25) is 9.69 Å². The van der Waals surface area contributed by atoms with E-state index in [0.717, 1.165) is 24.9 Å². The van der Waals surface area contributed by atoms with E-state index in [1.54, 1.807) is 4.90 Å². The molecule has 1 N–H and O–H groups in total. The van der Waals surface area contributed by atoms with Crippen LogP contribution in [0.2, 0.25) is 0 Å². The Morgan fingerprint density at radius 3 is 2.67 bits per heavy atom. The van der Waals surface area contributed by atoms with Gasteiger partial charge in [0.1, 0.15) is 0 Å².